The Labute approximate surface area is 119 Å². The number of carbonyl (C=O) groups excluding carboxylic acids is 2. The molecule has 0 aromatic rings. The van der Waals surface area contributed by atoms with Crippen molar-refractivity contribution in [1.29, 1.82) is 0 Å². The molecule has 2 amide bonds. The number of primary amides is 1. The van der Waals surface area contributed by atoms with Gasteiger partial charge in [0.05, 0.1) is 10.5 Å². The van der Waals surface area contributed by atoms with Gasteiger partial charge in [-0.1, -0.05) is 6.92 Å². The number of carbonyl (C=O) groups is 2. The number of hydrogen-bond donors (Lipinski definition) is 2. The van der Waals surface area contributed by atoms with Crippen LogP contribution >= 0.6 is 0 Å². The summed E-state index contributed by atoms with van der Waals surface area (Å²) >= 11 is 8.03. The van der Waals surface area contributed by atoms with E-state index in [2.05, 4.69) is 36.3 Å². The van der Waals surface area contributed by atoms with E-state index >= 15 is 0 Å². The molecular formula is C6H12CaN2O2S2. The summed E-state index contributed by atoms with van der Waals surface area (Å²) in [6.07, 6.45) is 0.933. The predicted octanol–water partition coefficient (Wildman–Crippen LogP) is 0.273. The van der Waals surface area contributed by atoms with Gasteiger partial charge in [0.1, 0.15) is 0 Å². The number of hydrogen-bond acceptors (Lipinski definition) is 4. The van der Waals surface area contributed by atoms with Crippen molar-refractivity contribution in [2.75, 3.05) is 0 Å². The summed E-state index contributed by atoms with van der Waals surface area (Å²) in [7, 11) is 0. The monoisotopic (exact) mass is 248 g/mol. The van der Waals surface area contributed by atoms with E-state index in [1.165, 1.54) is 0 Å². The first-order valence-electron chi connectivity index (χ1n) is 3.34. The molecule has 0 aromatic carbocycles. The van der Waals surface area contributed by atoms with E-state index in [-0.39, 0.29) is 49.0 Å². The van der Waals surface area contributed by atoms with E-state index in [0.717, 1.165) is 6.42 Å². The average Bonchev–Trinajstić information content (AvgIpc) is 1.84. The molecule has 72 valence electrons. The van der Waals surface area contributed by atoms with Crippen molar-refractivity contribution >= 4 is 73.5 Å². The Balaban J connectivity index is -0.000000173. The normalized spacial score (nSPS) is 9.69. The topological polar surface area (TPSA) is 72.2 Å². The van der Waals surface area contributed by atoms with Crippen LogP contribution in [0.1, 0.15) is 20.3 Å². The van der Waals surface area contributed by atoms with Gasteiger partial charge in [-0.05, 0) is 13.3 Å². The minimum Gasteiger partial charge on any atom is -0.719 e. The number of rotatable bonds is 2. The summed E-state index contributed by atoms with van der Waals surface area (Å²) in [6, 6.07) is 0.222. The van der Waals surface area contributed by atoms with Gasteiger partial charge >= 0.3 is 37.7 Å². The molecule has 0 rings (SSSR count). The molecule has 0 aliphatic carbocycles. The Kier molecular flexibility index (Phi) is 18.7. The molecule has 0 aliphatic heterocycles. The first-order valence-corrected chi connectivity index (χ1v) is 4.15. The average molecular weight is 248 g/mol. The van der Waals surface area contributed by atoms with Crippen LogP contribution in [0.3, 0.4) is 0 Å². The van der Waals surface area contributed by atoms with E-state index < -0.39 is 5.24 Å². The zero-order valence-corrected chi connectivity index (χ0v) is 11.5. The zero-order valence-electron chi connectivity index (χ0n) is 7.70. The Morgan fingerprint density at radius 1 is 1.46 bits per heavy atom. The van der Waals surface area contributed by atoms with Gasteiger partial charge in [-0.25, -0.2) is 0 Å². The summed E-state index contributed by atoms with van der Waals surface area (Å²) < 4.78 is 0. The van der Waals surface area contributed by atoms with Crippen LogP contribution in [0.5, 0.6) is 0 Å². The number of nitrogens with one attached hydrogen (secondary N) is 1. The zero-order chi connectivity index (χ0) is 10.1. The Bertz CT molecular complexity index is 154. The summed E-state index contributed by atoms with van der Waals surface area (Å²) in [4.78, 5) is 19.2. The van der Waals surface area contributed by atoms with Gasteiger partial charge in [0.25, 0.3) is 0 Å². The second-order valence-corrected chi connectivity index (χ2v) is 2.83. The molecule has 0 aromatic heterocycles. The summed E-state index contributed by atoms with van der Waals surface area (Å²) in [5.74, 6) is 0. The second-order valence-electron chi connectivity index (χ2n) is 2.06. The van der Waals surface area contributed by atoms with Crippen molar-refractivity contribution in [3.8, 4) is 0 Å². The minimum absolute atomic E-state index is 0. The smallest absolute Gasteiger partial charge is 0.719 e. The summed E-state index contributed by atoms with van der Waals surface area (Å²) in [5, 5.41) is 1.46. The van der Waals surface area contributed by atoms with Crippen LogP contribution in [0.15, 0.2) is 0 Å². The van der Waals surface area contributed by atoms with Gasteiger partial charge in [-0.15, -0.1) is 0 Å². The summed E-state index contributed by atoms with van der Waals surface area (Å²) in [6.45, 7) is 3.92. The van der Waals surface area contributed by atoms with Crippen LogP contribution < -0.4 is 11.1 Å². The molecule has 1 atom stereocenters. The van der Waals surface area contributed by atoms with Gasteiger partial charge in [0.15, 0.2) is 0 Å². The molecule has 0 fully saturated rings. The Morgan fingerprint density at radius 2 is 1.77 bits per heavy atom. The fourth-order valence-electron chi connectivity index (χ4n) is 0.303. The molecule has 0 saturated heterocycles. The van der Waals surface area contributed by atoms with Crippen LogP contribution in [-0.4, -0.2) is 54.3 Å². The van der Waals surface area contributed by atoms with E-state index in [1.54, 1.807) is 0 Å². The standard InChI is InChI=1S/C5H11NOS.CH3NOS.Ca/c1-3-4(2)6-5(7)8;2-1(3)4;/h4H,3H2,1-2H3,(H2,6,7,8);(H3,2,3,4);/q;;+2/p-2. The van der Waals surface area contributed by atoms with E-state index in [9.17, 15) is 4.79 Å². The van der Waals surface area contributed by atoms with Crippen molar-refractivity contribution in [2.24, 2.45) is 5.73 Å². The van der Waals surface area contributed by atoms with Gasteiger partial charge in [0.2, 0.25) is 0 Å². The molecule has 0 radical (unpaired) electrons. The fraction of sp³-hybridized carbons (Fsp3) is 0.667. The third-order valence-corrected chi connectivity index (χ3v) is 1.09. The Hall–Kier alpha value is 0.640. The molecule has 13 heavy (non-hydrogen) atoms. The first kappa shape index (κ1) is 19.2. The third-order valence-electron chi connectivity index (χ3n) is 0.977. The van der Waals surface area contributed by atoms with Crippen molar-refractivity contribution in [3.05, 3.63) is 0 Å². The second kappa shape index (κ2) is 12.6. The van der Waals surface area contributed by atoms with Crippen molar-refractivity contribution in [3.63, 3.8) is 0 Å². The fourth-order valence-corrected chi connectivity index (χ4v) is 0.504. The molecule has 0 bridgehead atoms. The van der Waals surface area contributed by atoms with E-state index in [4.69, 9.17) is 4.79 Å². The molecule has 0 saturated carbocycles. The van der Waals surface area contributed by atoms with Crippen molar-refractivity contribution < 1.29 is 9.59 Å². The quantitative estimate of drug-likeness (QED) is 0.543. The largest absolute Gasteiger partial charge is 2.00 e. The molecule has 3 N–H and O–H groups in total. The predicted molar refractivity (Wildman–Crippen MR) is 58.4 cm³/mol. The van der Waals surface area contributed by atoms with Gasteiger partial charge < -0.3 is 45.9 Å². The maximum atomic E-state index is 10.1. The van der Waals surface area contributed by atoms with Crippen LogP contribution in [-0.2, 0) is 25.3 Å². The summed E-state index contributed by atoms with van der Waals surface area (Å²) in [5.41, 5.74) is 4.29. The number of nitrogens with two attached hydrogens (primary N) is 1. The van der Waals surface area contributed by atoms with Crippen molar-refractivity contribution in [1.82, 2.24) is 5.32 Å². The molecule has 7 heteroatoms. The van der Waals surface area contributed by atoms with E-state index in [0.29, 0.717) is 0 Å². The Morgan fingerprint density at radius 3 is 1.85 bits per heavy atom. The molecule has 4 nitrogen and oxygen atoms in total. The third kappa shape index (κ3) is 32.5. The molecular weight excluding hydrogens is 236 g/mol. The number of amides is 2. The maximum absolute atomic E-state index is 10.1. The first-order chi connectivity index (χ1) is 5.40. The van der Waals surface area contributed by atoms with Crippen molar-refractivity contribution in [2.45, 2.75) is 26.3 Å². The van der Waals surface area contributed by atoms with Crippen LogP contribution in [0.25, 0.3) is 0 Å². The SMILES string of the molecule is CCC(C)NC(=O)[S-].NC(=O)[S-].[Ca+2]. The van der Waals surface area contributed by atoms with Gasteiger partial charge in [-0.3, -0.25) is 0 Å². The molecule has 1 unspecified atom stereocenters. The van der Waals surface area contributed by atoms with Gasteiger partial charge in [0, 0.05) is 6.04 Å². The minimum atomic E-state index is -0.750. The van der Waals surface area contributed by atoms with Crippen LogP contribution in [0.2, 0.25) is 0 Å². The van der Waals surface area contributed by atoms with Gasteiger partial charge in [-0.2, -0.15) is 0 Å². The van der Waals surface area contributed by atoms with Crippen LogP contribution in [0, 0.1) is 0 Å². The molecule has 0 aliphatic rings. The maximum Gasteiger partial charge on any atom is 2.00 e. The molecule has 0 heterocycles. The molecule has 0 spiro atoms. The van der Waals surface area contributed by atoms with E-state index in [1.807, 2.05) is 13.8 Å². The van der Waals surface area contributed by atoms with Crippen LogP contribution in [0.4, 0.5) is 9.59 Å².